The van der Waals surface area contributed by atoms with Crippen molar-refractivity contribution in [1.82, 2.24) is 19.8 Å². The average molecular weight is 398 g/mol. The van der Waals surface area contributed by atoms with Crippen molar-refractivity contribution in [3.63, 3.8) is 0 Å². The minimum atomic E-state index is 0.0239. The summed E-state index contributed by atoms with van der Waals surface area (Å²) in [4.78, 5) is 14.2. The Kier molecular flexibility index (Phi) is 5.13. The van der Waals surface area contributed by atoms with Crippen molar-refractivity contribution >= 4 is 28.4 Å². The predicted molar refractivity (Wildman–Crippen MR) is 110 cm³/mol. The van der Waals surface area contributed by atoms with Crippen LogP contribution in [0.15, 0.2) is 41.6 Å². The molecule has 1 aliphatic rings. The van der Waals surface area contributed by atoms with E-state index in [1.54, 1.807) is 12.0 Å². The summed E-state index contributed by atoms with van der Waals surface area (Å²) < 4.78 is 6.78. The number of nitrogens with two attached hydrogens (primary N) is 1. The van der Waals surface area contributed by atoms with Gasteiger partial charge < -0.3 is 15.5 Å². The maximum Gasteiger partial charge on any atom is 0.233 e. The smallest absolute Gasteiger partial charge is 0.233 e. The summed E-state index contributed by atoms with van der Waals surface area (Å²) >= 11 is 1.33. The molecule has 0 saturated heterocycles. The minimum Gasteiger partial charge on any atom is -0.497 e. The Balaban J connectivity index is 1.36. The Morgan fingerprint density at radius 1 is 1.25 bits per heavy atom. The first-order valence-electron chi connectivity index (χ1n) is 9.19. The highest BCUT2D eigenvalue weighted by molar-refractivity contribution is 7.99. The molecular weight excluding hydrogens is 374 g/mol. The predicted octanol–water partition coefficient (Wildman–Crippen LogP) is 2.78. The van der Waals surface area contributed by atoms with E-state index in [2.05, 4.69) is 22.3 Å². The van der Waals surface area contributed by atoms with Gasteiger partial charge in [-0.05, 0) is 47.4 Å². The molecule has 1 fully saturated rings. The molecule has 0 radical (unpaired) electrons. The Morgan fingerprint density at radius 3 is 2.75 bits per heavy atom. The molecule has 1 aromatic heterocycles. The lowest BCUT2D eigenvalue weighted by Crippen LogP contribution is -2.28. The highest BCUT2D eigenvalue weighted by Crippen LogP contribution is 2.39. The maximum atomic E-state index is 12.5. The van der Waals surface area contributed by atoms with Crippen LogP contribution in [-0.4, -0.2) is 45.6 Å². The molecule has 1 heterocycles. The quantitative estimate of drug-likeness (QED) is 0.487. The third-order valence-corrected chi connectivity index (χ3v) is 5.84. The lowest BCUT2D eigenvalue weighted by molar-refractivity contribution is -0.127. The standard InChI is InChI=1S/C20H23N5O2S/c1-24(11-13-3-4-16-10-17(27-2)8-7-15(16)9-13)18(26)12-28-20-23-22-19(25(20)21)14-5-6-14/h3-4,7-10,14H,5-6,11-12,21H2,1-2H3. The van der Waals surface area contributed by atoms with E-state index in [9.17, 15) is 4.79 Å². The molecule has 0 bridgehead atoms. The first kappa shape index (κ1) is 18.6. The Morgan fingerprint density at radius 2 is 2.00 bits per heavy atom. The number of benzene rings is 2. The van der Waals surface area contributed by atoms with E-state index in [-0.39, 0.29) is 11.7 Å². The molecule has 8 heteroatoms. The van der Waals surface area contributed by atoms with Crippen LogP contribution in [0.1, 0.15) is 30.1 Å². The maximum absolute atomic E-state index is 12.5. The molecule has 28 heavy (non-hydrogen) atoms. The third-order valence-electron chi connectivity index (χ3n) is 4.92. The number of hydrogen-bond donors (Lipinski definition) is 1. The second kappa shape index (κ2) is 7.71. The molecule has 2 aromatic carbocycles. The third kappa shape index (κ3) is 3.91. The summed E-state index contributed by atoms with van der Waals surface area (Å²) in [5.74, 6) is 8.42. The van der Waals surface area contributed by atoms with Crippen LogP contribution in [0.25, 0.3) is 10.8 Å². The van der Waals surface area contributed by atoms with Gasteiger partial charge in [-0.25, -0.2) is 4.68 Å². The summed E-state index contributed by atoms with van der Waals surface area (Å²) in [6, 6.07) is 12.2. The molecule has 0 atom stereocenters. The normalized spacial score (nSPS) is 13.6. The van der Waals surface area contributed by atoms with Crippen molar-refractivity contribution in [1.29, 1.82) is 0 Å². The highest BCUT2D eigenvalue weighted by Gasteiger charge is 2.30. The first-order chi connectivity index (χ1) is 13.5. The van der Waals surface area contributed by atoms with Crippen LogP contribution in [0.4, 0.5) is 0 Å². The van der Waals surface area contributed by atoms with Crippen LogP contribution in [0.5, 0.6) is 5.75 Å². The van der Waals surface area contributed by atoms with Gasteiger partial charge >= 0.3 is 0 Å². The van der Waals surface area contributed by atoms with Gasteiger partial charge in [-0.15, -0.1) is 10.2 Å². The molecule has 4 rings (SSSR count). The van der Waals surface area contributed by atoms with E-state index in [1.807, 2.05) is 31.3 Å². The number of amides is 1. The Labute approximate surface area is 167 Å². The molecular formula is C20H23N5O2S. The van der Waals surface area contributed by atoms with Gasteiger partial charge in [-0.2, -0.15) is 0 Å². The van der Waals surface area contributed by atoms with Gasteiger partial charge in [0.15, 0.2) is 5.82 Å². The number of methoxy groups -OCH3 is 1. The van der Waals surface area contributed by atoms with Crippen LogP contribution in [0.3, 0.4) is 0 Å². The van der Waals surface area contributed by atoms with E-state index < -0.39 is 0 Å². The van der Waals surface area contributed by atoms with Crippen molar-refractivity contribution < 1.29 is 9.53 Å². The molecule has 146 valence electrons. The number of thioether (sulfide) groups is 1. The summed E-state index contributed by atoms with van der Waals surface area (Å²) in [5, 5.41) is 11.1. The number of nitrogen functional groups attached to an aromatic ring is 1. The molecule has 3 aromatic rings. The minimum absolute atomic E-state index is 0.0239. The van der Waals surface area contributed by atoms with Crippen LogP contribution in [-0.2, 0) is 11.3 Å². The number of fused-ring (bicyclic) bond motifs is 1. The van der Waals surface area contributed by atoms with Crippen molar-refractivity contribution in [3.8, 4) is 5.75 Å². The zero-order valence-electron chi connectivity index (χ0n) is 16.0. The lowest BCUT2D eigenvalue weighted by atomic mass is 10.1. The molecule has 7 nitrogen and oxygen atoms in total. The van der Waals surface area contributed by atoms with Gasteiger partial charge in [0.05, 0.1) is 12.9 Å². The Hall–Kier alpha value is -2.74. The number of carbonyl (C=O) groups excluding carboxylic acids is 1. The fraction of sp³-hybridized carbons (Fsp3) is 0.350. The SMILES string of the molecule is COc1ccc2cc(CN(C)C(=O)CSc3nnc(C4CC4)n3N)ccc2c1. The van der Waals surface area contributed by atoms with Crippen LogP contribution in [0.2, 0.25) is 0 Å². The van der Waals surface area contributed by atoms with Crippen molar-refractivity contribution in [2.75, 3.05) is 25.8 Å². The van der Waals surface area contributed by atoms with Crippen LogP contribution >= 0.6 is 11.8 Å². The zero-order valence-corrected chi connectivity index (χ0v) is 16.8. The van der Waals surface area contributed by atoms with Crippen molar-refractivity contribution in [2.24, 2.45) is 0 Å². The molecule has 1 aliphatic carbocycles. The van der Waals surface area contributed by atoms with Gasteiger partial charge in [-0.3, -0.25) is 4.79 Å². The monoisotopic (exact) mass is 397 g/mol. The van der Waals surface area contributed by atoms with Gasteiger partial charge in [0, 0.05) is 19.5 Å². The number of aromatic nitrogens is 3. The number of hydrogen-bond acceptors (Lipinski definition) is 6. The van der Waals surface area contributed by atoms with Gasteiger partial charge in [-0.1, -0.05) is 30.0 Å². The van der Waals surface area contributed by atoms with Crippen molar-refractivity contribution in [3.05, 3.63) is 47.8 Å². The summed E-state index contributed by atoms with van der Waals surface area (Å²) in [5.41, 5.74) is 1.08. The second-order valence-corrected chi connectivity index (χ2v) is 8.01. The van der Waals surface area contributed by atoms with Gasteiger partial charge in [0.1, 0.15) is 5.75 Å². The lowest BCUT2D eigenvalue weighted by Gasteiger charge is -2.17. The molecule has 1 saturated carbocycles. The average Bonchev–Trinajstić information content (AvgIpc) is 3.48. The number of ether oxygens (including phenoxy) is 1. The molecule has 1 amide bonds. The molecule has 0 spiro atoms. The zero-order chi connectivity index (χ0) is 19.7. The van der Waals surface area contributed by atoms with Gasteiger partial charge in [0.25, 0.3) is 0 Å². The number of nitrogens with zero attached hydrogens (tertiary/aromatic N) is 4. The van der Waals surface area contributed by atoms with E-state index in [1.165, 1.54) is 16.4 Å². The number of carbonyl (C=O) groups is 1. The summed E-state index contributed by atoms with van der Waals surface area (Å²) in [6.07, 6.45) is 2.22. The van der Waals surface area contributed by atoms with E-state index in [0.29, 0.717) is 17.6 Å². The second-order valence-electron chi connectivity index (χ2n) is 7.07. The largest absolute Gasteiger partial charge is 0.497 e. The van der Waals surface area contributed by atoms with Crippen molar-refractivity contribution in [2.45, 2.75) is 30.5 Å². The number of rotatable bonds is 7. The fourth-order valence-corrected chi connectivity index (χ4v) is 3.91. The van der Waals surface area contributed by atoms with E-state index in [0.717, 1.165) is 40.8 Å². The first-order valence-corrected chi connectivity index (χ1v) is 10.2. The summed E-state index contributed by atoms with van der Waals surface area (Å²) in [7, 11) is 3.47. The van der Waals surface area contributed by atoms with E-state index >= 15 is 0 Å². The van der Waals surface area contributed by atoms with Crippen LogP contribution < -0.4 is 10.6 Å². The molecule has 2 N–H and O–H groups in total. The topological polar surface area (TPSA) is 86.3 Å². The van der Waals surface area contributed by atoms with Gasteiger partial charge in [0.2, 0.25) is 11.1 Å². The van der Waals surface area contributed by atoms with Crippen LogP contribution in [0, 0.1) is 0 Å². The molecule has 0 aliphatic heterocycles. The fourth-order valence-electron chi connectivity index (χ4n) is 3.10. The summed E-state index contributed by atoms with van der Waals surface area (Å²) in [6.45, 7) is 0.546. The Bertz CT molecular complexity index is 1010. The highest BCUT2D eigenvalue weighted by atomic mass is 32.2. The van der Waals surface area contributed by atoms with E-state index in [4.69, 9.17) is 10.6 Å². The molecule has 0 unspecified atom stereocenters.